The summed E-state index contributed by atoms with van der Waals surface area (Å²) in [5.41, 5.74) is 4.41. The van der Waals surface area contributed by atoms with Gasteiger partial charge in [0.05, 0.1) is 14.2 Å². The topological polar surface area (TPSA) is 47.6 Å². The number of hydrogen-bond donors (Lipinski definition) is 1. The number of Topliss-reactive ketones (excluding diaryl/α,β-unsaturated/α-hetero) is 1. The minimum absolute atomic E-state index is 0.00218. The minimum atomic E-state index is -3.61. The van der Waals surface area contributed by atoms with Crippen molar-refractivity contribution < 1.29 is 23.0 Å². The van der Waals surface area contributed by atoms with Crippen molar-refractivity contribution in [3.63, 3.8) is 0 Å². The number of carbonyl (C=O) groups is 1. The van der Waals surface area contributed by atoms with E-state index in [0.717, 1.165) is 44.3 Å². The van der Waals surface area contributed by atoms with Crippen molar-refractivity contribution in [1.82, 2.24) is 5.32 Å². The molecule has 0 aliphatic heterocycles. The van der Waals surface area contributed by atoms with Gasteiger partial charge < -0.3 is 14.8 Å². The summed E-state index contributed by atoms with van der Waals surface area (Å²) in [6.45, 7) is 6.01. The SMILES string of the molecule is COc1cccc([C@@H](C)CC(=O)C(F)(F)c2ccc(-c3cc(C(C)N[C@H](C)c4cccc(OC)c4)cc4ccccc34)cc2)c1. The Hall–Kier alpha value is -4.55. The van der Waals surface area contributed by atoms with Crippen LogP contribution in [0.5, 0.6) is 11.5 Å². The van der Waals surface area contributed by atoms with E-state index in [0.29, 0.717) is 5.75 Å². The first kappa shape index (κ1) is 31.9. The molecule has 0 heterocycles. The first-order valence-corrected chi connectivity index (χ1v) is 15.2. The molecular weight excluding hydrogens is 568 g/mol. The monoisotopic (exact) mass is 607 g/mol. The number of benzene rings is 5. The molecule has 1 unspecified atom stereocenters. The molecule has 5 rings (SSSR count). The van der Waals surface area contributed by atoms with E-state index < -0.39 is 11.7 Å². The normalized spacial score (nSPS) is 13.7. The molecule has 0 aliphatic rings. The van der Waals surface area contributed by atoms with E-state index in [1.807, 2.05) is 42.5 Å². The fourth-order valence-corrected chi connectivity index (χ4v) is 5.79. The predicted molar refractivity (Wildman–Crippen MR) is 177 cm³/mol. The Morgan fingerprint density at radius 3 is 1.98 bits per heavy atom. The van der Waals surface area contributed by atoms with Gasteiger partial charge in [-0.15, -0.1) is 0 Å². The maximum Gasteiger partial charge on any atom is 0.330 e. The Labute approximate surface area is 264 Å². The smallest absolute Gasteiger partial charge is 0.330 e. The second-order valence-corrected chi connectivity index (χ2v) is 11.6. The highest BCUT2D eigenvalue weighted by Gasteiger charge is 2.40. The molecule has 5 aromatic carbocycles. The summed E-state index contributed by atoms with van der Waals surface area (Å²) in [4.78, 5) is 12.9. The van der Waals surface area contributed by atoms with Crippen LogP contribution >= 0.6 is 0 Å². The Balaban J connectivity index is 1.38. The molecule has 232 valence electrons. The van der Waals surface area contributed by atoms with Crippen LogP contribution < -0.4 is 14.8 Å². The van der Waals surface area contributed by atoms with Crippen molar-refractivity contribution in [2.75, 3.05) is 14.2 Å². The Kier molecular flexibility index (Phi) is 9.64. The summed E-state index contributed by atoms with van der Waals surface area (Å²) in [6.07, 6.45) is -0.284. The Bertz CT molecular complexity index is 1780. The molecule has 0 saturated carbocycles. The summed E-state index contributed by atoms with van der Waals surface area (Å²) in [6, 6.07) is 33.7. The van der Waals surface area contributed by atoms with Gasteiger partial charge in [-0.3, -0.25) is 4.79 Å². The highest BCUT2D eigenvalue weighted by atomic mass is 19.3. The number of ether oxygens (including phenoxy) is 2. The van der Waals surface area contributed by atoms with E-state index in [-0.39, 0.29) is 30.0 Å². The molecule has 5 aromatic rings. The Morgan fingerprint density at radius 2 is 1.31 bits per heavy atom. The van der Waals surface area contributed by atoms with Gasteiger partial charge in [0.15, 0.2) is 0 Å². The second kappa shape index (κ2) is 13.6. The molecule has 0 aromatic heterocycles. The quantitative estimate of drug-likeness (QED) is 0.153. The van der Waals surface area contributed by atoms with Gasteiger partial charge in [-0.25, -0.2) is 0 Å². The number of rotatable bonds is 12. The molecule has 0 saturated heterocycles. The number of carbonyl (C=O) groups excluding carboxylic acids is 1. The van der Waals surface area contributed by atoms with Crippen molar-refractivity contribution in [1.29, 1.82) is 0 Å². The van der Waals surface area contributed by atoms with Crippen LogP contribution in [0.3, 0.4) is 0 Å². The number of ketones is 1. The van der Waals surface area contributed by atoms with E-state index >= 15 is 8.78 Å². The molecule has 1 N–H and O–H groups in total. The maximum absolute atomic E-state index is 15.4. The number of halogens is 2. The van der Waals surface area contributed by atoms with Crippen molar-refractivity contribution >= 4 is 16.6 Å². The molecule has 0 amide bonds. The largest absolute Gasteiger partial charge is 0.497 e. The van der Waals surface area contributed by atoms with E-state index in [2.05, 4.69) is 43.4 Å². The van der Waals surface area contributed by atoms with Crippen LogP contribution in [0.1, 0.15) is 67.4 Å². The van der Waals surface area contributed by atoms with Crippen LogP contribution in [0, 0.1) is 0 Å². The fraction of sp³-hybridized carbons (Fsp3) is 0.256. The van der Waals surface area contributed by atoms with E-state index in [4.69, 9.17) is 9.47 Å². The van der Waals surface area contributed by atoms with Gasteiger partial charge in [0, 0.05) is 24.1 Å². The fourth-order valence-electron chi connectivity index (χ4n) is 5.79. The highest BCUT2D eigenvalue weighted by Crippen LogP contribution is 2.37. The van der Waals surface area contributed by atoms with Crippen LogP contribution in [0.2, 0.25) is 0 Å². The average molecular weight is 608 g/mol. The van der Waals surface area contributed by atoms with Crippen LogP contribution in [0.25, 0.3) is 21.9 Å². The number of hydrogen-bond acceptors (Lipinski definition) is 4. The molecule has 6 heteroatoms. The van der Waals surface area contributed by atoms with Gasteiger partial charge in [0.25, 0.3) is 0 Å². The van der Waals surface area contributed by atoms with Crippen LogP contribution in [-0.4, -0.2) is 20.0 Å². The lowest BCUT2D eigenvalue weighted by Crippen LogP contribution is -2.27. The average Bonchev–Trinajstić information content (AvgIpc) is 3.07. The van der Waals surface area contributed by atoms with Crippen molar-refractivity contribution in [3.05, 3.63) is 131 Å². The third-order valence-electron chi connectivity index (χ3n) is 8.54. The number of nitrogens with one attached hydrogen (secondary N) is 1. The van der Waals surface area contributed by atoms with Gasteiger partial charge in [0.2, 0.25) is 5.78 Å². The van der Waals surface area contributed by atoms with E-state index in [9.17, 15) is 4.79 Å². The summed E-state index contributed by atoms with van der Waals surface area (Å²) >= 11 is 0. The maximum atomic E-state index is 15.4. The lowest BCUT2D eigenvalue weighted by atomic mass is 9.90. The van der Waals surface area contributed by atoms with E-state index in [1.165, 1.54) is 12.1 Å². The molecule has 4 nitrogen and oxygen atoms in total. The molecule has 45 heavy (non-hydrogen) atoms. The van der Waals surface area contributed by atoms with Gasteiger partial charge in [-0.2, -0.15) is 8.78 Å². The standard InChI is InChI=1S/C39H39F2NO3/c1-25(29-11-8-13-34(22-29)44-4)20-38(43)39(40,41)33-18-16-28(17-19-33)37-24-32(21-31-10-6-7-15-36(31)37)27(3)42-26(2)30-12-9-14-35(23-30)45-5/h6-19,21-27,42H,20H2,1-5H3/t25-,26+,27?/m0/s1. The van der Waals surface area contributed by atoms with Gasteiger partial charge >= 0.3 is 5.92 Å². The molecule has 0 spiro atoms. The predicted octanol–water partition coefficient (Wildman–Crippen LogP) is 9.79. The lowest BCUT2D eigenvalue weighted by Gasteiger charge is -2.23. The third-order valence-corrected chi connectivity index (χ3v) is 8.54. The zero-order chi connectivity index (χ0) is 32.1. The first-order valence-electron chi connectivity index (χ1n) is 15.2. The second-order valence-electron chi connectivity index (χ2n) is 11.6. The van der Waals surface area contributed by atoms with Gasteiger partial charge in [-0.1, -0.05) is 79.7 Å². The summed E-state index contributed by atoms with van der Waals surface area (Å²) in [5.74, 6) is -3.66. The number of methoxy groups -OCH3 is 2. The minimum Gasteiger partial charge on any atom is -0.497 e. The van der Waals surface area contributed by atoms with Crippen molar-refractivity contribution in [2.45, 2.75) is 51.1 Å². The van der Waals surface area contributed by atoms with Crippen LogP contribution in [-0.2, 0) is 10.7 Å². The van der Waals surface area contributed by atoms with Crippen LogP contribution in [0.15, 0.2) is 109 Å². The third kappa shape index (κ3) is 7.07. The molecule has 0 aliphatic carbocycles. The van der Waals surface area contributed by atoms with Crippen molar-refractivity contribution in [3.8, 4) is 22.6 Å². The molecular formula is C39H39F2NO3. The summed E-state index contributed by atoms with van der Waals surface area (Å²) in [7, 11) is 3.21. The van der Waals surface area contributed by atoms with Crippen molar-refractivity contribution in [2.24, 2.45) is 0 Å². The van der Waals surface area contributed by atoms with Crippen LogP contribution in [0.4, 0.5) is 8.78 Å². The lowest BCUT2D eigenvalue weighted by molar-refractivity contribution is -0.144. The zero-order valence-corrected chi connectivity index (χ0v) is 26.3. The molecule has 0 bridgehead atoms. The highest BCUT2D eigenvalue weighted by molar-refractivity contribution is 5.97. The van der Waals surface area contributed by atoms with E-state index in [1.54, 1.807) is 51.5 Å². The summed E-state index contributed by atoms with van der Waals surface area (Å²) in [5, 5.41) is 5.77. The zero-order valence-electron chi connectivity index (χ0n) is 26.3. The van der Waals surface area contributed by atoms with Gasteiger partial charge in [0.1, 0.15) is 11.5 Å². The molecule has 0 fully saturated rings. The summed E-state index contributed by atoms with van der Waals surface area (Å²) < 4.78 is 41.5. The van der Waals surface area contributed by atoms with Gasteiger partial charge in [-0.05, 0) is 94.8 Å². The molecule has 3 atom stereocenters. The first-order chi connectivity index (χ1) is 21.6. The number of alkyl halides is 2. The molecule has 0 radical (unpaired) electrons. The number of fused-ring (bicyclic) bond motifs is 1. The Morgan fingerprint density at radius 1 is 0.711 bits per heavy atom.